The summed E-state index contributed by atoms with van der Waals surface area (Å²) in [5.41, 5.74) is 2.06. The number of fused-ring (bicyclic) bond motifs is 1. The van der Waals surface area contributed by atoms with Gasteiger partial charge < -0.3 is 9.30 Å². The van der Waals surface area contributed by atoms with Crippen LogP contribution in [0, 0.1) is 0 Å². The predicted molar refractivity (Wildman–Crippen MR) is 86.1 cm³/mol. The minimum absolute atomic E-state index is 0.419. The average molecular weight is 300 g/mol. The summed E-state index contributed by atoms with van der Waals surface area (Å²) < 4.78 is 8.01. The number of ether oxygens (including phenoxy) is 1. The number of likely N-dealkylation sites (tertiary alicyclic amines) is 1. The summed E-state index contributed by atoms with van der Waals surface area (Å²) in [7, 11) is 0. The molecule has 2 aliphatic rings. The molecule has 4 rings (SSSR count). The van der Waals surface area contributed by atoms with Crippen molar-refractivity contribution < 1.29 is 4.74 Å². The van der Waals surface area contributed by atoms with Gasteiger partial charge in [0.05, 0.1) is 12.6 Å². The number of imidazole rings is 1. The van der Waals surface area contributed by atoms with Crippen molar-refractivity contribution in [3.8, 4) is 0 Å². The lowest BCUT2D eigenvalue weighted by atomic mass is 10.1. The van der Waals surface area contributed by atoms with Crippen molar-refractivity contribution in [1.82, 2.24) is 19.4 Å². The van der Waals surface area contributed by atoms with E-state index in [0.29, 0.717) is 18.0 Å². The first-order valence-corrected chi connectivity index (χ1v) is 8.38. The fourth-order valence-corrected chi connectivity index (χ4v) is 3.78. The van der Waals surface area contributed by atoms with E-state index in [1.165, 1.54) is 12.2 Å². The Balaban J connectivity index is 1.76. The molecule has 2 aromatic heterocycles. The van der Waals surface area contributed by atoms with Gasteiger partial charge >= 0.3 is 0 Å². The van der Waals surface area contributed by atoms with Crippen LogP contribution in [0.4, 0.5) is 0 Å². The highest BCUT2D eigenvalue weighted by molar-refractivity contribution is 5.71. The molecule has 0 radical (unpaired) electrons. The fourth-order valence-electron chi connectivity index (χ4n) is 3.78. The smallest absolute Gasteiger partial charge is 0.160 e. The van der Waals surface area contributed by atoms with E-state index >= 15 is 0 Å². The molecule has 0 amide bonds. The molecule has 2 fully saturated rings. The molecule has 2 aromatic rings. The van der Waals surface area contributed by atoms with Crippen LogP contribution in [0.3, 0.4) is 0 Å². The van der Waals surface area contributed by atoms with Crippen LogP contribution in [-0.2, 0) is 4.74 Å². The third kappa shape index (κ3) is 2.32. The van der Waals surface area contributed by atoms with Gasteiger partial charge in [-0.15, -0.1) is 0 Å². The molecule has 5 heteroatoms. The lowest BCUT2D eigenvalue weighted by molar-refractivity contribution is 0.192. The normalized spacial score (nSPS) is 26.5. The summed E-state index contributed by atoms with van der Waals surface area (Å²) in [5, 5.41) is 0. The number of aromatic nitrogens is 3. The summed E-state index contributed by atoms with van der Waals surface area (Å²) >= 11 is 0. The highest BCUT2D eigenvalue weighted by Gasteiger charge is 2.32. The Hall–Kier alpha value is -1.46. The SMILES string of the molecule is CC(C)N1CCC(n2c(C3CCOC3)nc3cccnc32)C1. The molecule has 0 saturated carbocycles. The molecule has 4 heterocycles. The molecular weight excluding hydrogens is 276 g/mol. The van der Waals surface area contributed by atoms with E-state index in [1.54, 1.807) is 0 Å². The van der Waals surface area contributed by atoms with Gasteiger partial charge in [0, 0.05) is 37.9 Å². The number of hydrogen-bond donors (Lipinski definition) is 0. The molecule has 2 saturated heterocycles. The molecular formula is C17H24N4O. The molecule has 0 bridgehead atoms. The maximum Gasteiger partial charge on any atom is 0.160 e. The van der Waals surface area contributed by atoms with Crippen molar-refractivity contribution in [3.63, 3.8) is 0 Å². The van der Waals surface area contributed by atoms with Gasteiger partial charge in [0.2, 0.25) is 0 Å². The van der Waals surface area contributed by atoms with Crippen LogP contribution in [0.5, 0.6) is 0 Å². The van der Waals surface area contributed by atoms with Crippen LogP contribution in [0.1, 0.15) is 44.5 Å². The first kappa shape index (κ1) is 14.2. The Morgan fingerprint density at radius 3 is 2.95 bits per heavy atom. The van der Waals surface area contributed by atoms with Gasteiger partial charge in [-0.1, -0.05) is 0 Å². The van der Waals surface area contributed by atoms with E-state index < -0.39 is 0 Å². The summed E-state index contributed by atoms with van der Waals surface area (Å²) in [6.45, 7) is 8.46. The van der Waals surface area contributed by atoms with Crippen LogP contribution in [0.25, 0.3) is 11.2 Å². The van der Waals surface area contributed by atoms with Gasteiger partial charge in [-0.3, -0.25) is 4.90 Å². The molecule has 5 nitrogen and oxygen atoms in total. The lowest BCUT2D eigenvalue weighted by Gasteiger charge is -2.22. The van der Waals surface area contributed by atoms with Crippen molar-refractivity contribution in [2.75, 3.05) is 26.3 Å². The summed E-state index contributed by atoms with van der Waals surface area (Å²) in [6, 6.07) is 5.14. The van der Waals surface area contributed by atoms with Gasteiger partial charge in [-0.05, 0) is 38.8 Å². The fraction of sp³-hybridized carbons (Fsp3) is 0.647. The number of rotatable bonds is 3. The maximum atomic E-state index is 5.60. The Morgan fingerprint density at radius 1 is 1.32 bits per heavy atom. The van der Waals surface area contributed by atoms with Crippen LogP contribution < -0.4 is 0 Å². The van der Waals surface area contributed by atoms with E-state index in [0.717, 1.165) is 43.9 Å². The molecule has 2 unspecified atom stereocenters. The van der Waals surface area contributed by atoms with Crippen molar-refractivity contribution >= 4 is 11.2 Å². The Labute approximate surface area is 131 Å². The maximum absolute atomic E-state index is 5.60. The largest absolute Gasteiger partial charge is 0.381 e. The lowest BCUT2D eigenvalue weighted by Crippen LogP contribution is -2.29. The van der Waals surface area contributed by atoms with Crippen molar-refractivity contribution in [2.45, 2.75) is 44.7 Å². The van der Waals surface area contributed by atoms with Gasteiger partial charge in [-0.25, -0.2) is 9.97 Å². The van der Waals surface area contributed by atoms with Crippen LogP contribution in [0.2, 0.25) is 0 Å². The van der Waals surface area contributed by atoms with Crippen molar-refractivity contribution in [1.29, 1.82) is 0 Å². The third-order valence-electron chi connectivity index (χ3n) is 5.06. The van der Waals surface area contributed by atoms with E-state index in [2.05, 4.69) is 34.4 Å². The van der Waals surface area contributed by atoms with E-state index in [-0.39, 0.29) is 0 Å². The van der Waals surface area contributed by atoms with Gasteiger partial charge in [-0.2, -0.15) is 0 Å². The van der Waals surface area contributed by atoms with E-state index in [4.69, 9.17) is 9.72 Å². The first-order valence-electron chi connectivity index (χ1n) is 8.38. The molecule has 2 atom stereocenters. The second-order valence-corrected chi connectivity index (χ2v) is 6.78. The Kier molecular flexibility index (Phi) is 3.62. The molecule has 2 aliphatic heterocycles. The van der Waals surface area contributed by atoms with E-state index in [9.17, 15) is 0 Å². The van der Waals surface area contributed by atoms with Crippen LogP contribution in [-0.4, -0.2) is 51.8 Å². The average Bonchev–Trinajstić information content (AvgIpc) is 3.25. The third-order valence-corrected chi connectivity index (χ3v) is 5.06. The molecule has 0 aromatic carbocycles. The number of hydrogen-bond acceptors (Lipinski definition) is 4. The summed E-state index contributed by atoms with van der Waals surface area (Å²) in [5.74, 6) is 1.60. The van der Waals surface area contributed by atoms with Gasteiger partial charge in [0.1, 0.15) is 11.3 Å². The number of pyridine rings is 1. The Morgan fingerprint density at radius 2 is 2.23 bits per heavy atom. The molecule has 0 N–H and O–H groups in total. The van der Waals surface area contributed by atoms with Crippen molar-refractivity contribution in [2.24, 2.45) is 0 Å². The highest BCUT2D eigenvalue weighted by Crippen LogP contribution is 2.33. The van der Waals surface area contributed by atoms with E-state index in [1.807, 2.05) is 12.3 Å². The second-order valence-electron chi connectivity index (χ2n) is 6.78. The van der Waals surface area contributed by atoms with Crippen LogP contribution in [0.15, 0.2) is 18.3 Å². The second kappa shape index (κ2) is 5.63. The first-order chi connectivity index (χ1) is 10.7. The highest BCUT2D eigenvalue weighted by atomic mass is 16.5. The molecule has 22 heavy (non-hydrogen) atoms. The standard InChI is InChI=1S/C17H24N4O/c1-12(2)20-8-5-14(10-20)21-16(13-6-9-22-11-13)19-15-4-3-7-18-17(15)21/h3-4,7,12-14H,5-6,8-11H2,1-2H3. The summed E-state index contributed by atoms with van der Waals surface area (Å²) in [4.78, 5) is 12.1. The minimum atomic E-state index is 0.419. The quantitative estimate of drug-likeness (QED) is 0.874. The predicted octanol–water partition coefficient (Wildman–Crippen LogP) is 2.59. The van der Waals surface area contributed by atoms with Crippen LogP contribution >= 0.6 is 0 Å². The van der Waals surface area contributed by atoms with Gasteiger partial charge in [0.25, 0.3) is 0 Å². The minimum Gasteiger partial charge on any atom is -0.381 e. The monoisotopic (exact) mass is 300 g/mol. The molecule has 0 aliphatic carbocycles. The molecule has 0 spiro atoms. The molecule has 118 valence electrons. The summed E-state index contributed by atoms with van der Waals surface area (Å²) in [6.07, 6.45) is 4.13. The zero-order chi connectivity index (χ0) is 15.1. The zero-order valence-electron chi connectivity index (χ0n) is 13.4. The topological polar surface area (TPSA) is 43.2 Å². The Bertz CT molecular complexity index is 660. The zero-order valence-corrected chi connectivity index (χ0v) is 13.4. The van der Waals surface area contributed by atoms with Gasteiger partial charge in [0.15, 0.2) is 5.65 Å². The number of nitrogens with zero attached hydrogens (tertiary/aromatic N) is 4. The van der Waals surface area contributed by atoms with Crippen molar-refractivity contribution in [3.05, 3.63) is 24.2 Å².